The second-order valence-corrected chi connectivity index (χ2v) is 13.5. The molecule has 0 unspecified atom stereocenters. The Morgan fingerprint density at radius 1 is 0.373 bits per heavy atom. The first-order valence-corrected chi connectivity index (χ1v) is 17.9. The zero-order valence-electron chi connectivity index (χ0n) is 27.7. The van der Waals surface area contributed by atoms with E-state index in [0.717, 1.165) is 44.9 Å². The van der Waals surface area contributed by atoms with Crippen LogP contribution in [0.25, 0.3) is 22.8 Å². The number of anilines is 3. The highest BCUT2D eigenvalue weighted by Gasteiger charge is 2.47. The number of fused-ring (bicyclic) bond motifs is 2. The summed E-state index contributed by atoms with van der Waals surface area (Å²) in [5.74, 6) is 1.97. The first-order chi connectivity index (χ1) is 25.3. The van der Waals surface area contributed by atoms with Crippen molar-refractivity contribution in [1.29, 1.82) is 0 Å². The smallest absolute Gasteiger partial charge is 0.163 e. The van der Waals surface area contributed by atoms with E-state index in [1.54, 1.807) is 11.8 Å². The van der Waals surface area contributed by atoms with E-state index in [1.807, 2.05) is 36.4 Å². The molecular weight excluding hydrogens is 641 g/mol. The van der Waals surface area contributed by atoms with Crippen LogP contribution in [0.3, 0.4) is 0 Å². The summed E-state index contributed by atoms with van der Waals surface area (Å²) < 4.78 is 0. The third-order valence-electron chi connectivity index (χ3n) is 9.42. The molecule has 0 saturated heterocycles. The molecule has 242 valence electrons. The van der Waals surface area contributed by atoms with Crippen molar-refractivity contribution in [3.05, 3.63) is 217 Å². The topological polar surface area (TPSA) is 41.9 Å². The van der Waals surface area contributed by atoms with Gasteiger partial charge in [0, 0.05) is 38.0 Å². The predicted molar refractivity (Wildman–Crippen MR) is 208 cm³/mol. The highest BCUT2D eigenvalue weighted by atomic mass is 32.2. The Labute approximate surface area is 302 Å². The molecule has 1 aliphatic heterocycles. The molecule has 5 heteroatoms. The van der Waals surface area contributed by atoms with Gasteiger partial charge >= 0.3 is 0 Å². The molecule has 8 aromatic rings. The molecule has 0 atom stereocenters. The van der Waals surface area contributed by atoms with Crippen LogP contribution >= 0.6 is 11.8 Å². The molecule has 4 nitrogen and oxygen atoms in total. The van der Waals surface area contributed by atoms with Crippen LogP contribution in [-0.2, 0) is 5.41 Å². The van der Waals surface area contributed by atoms with Crippen LogP contribution in [0.2, 0.25) is 0 Å². The molecule has 0 amide bonds. The van der Waals surface area contributed by atoms with Crippen molar-refractivity contribution < 1.29 is 0 Å². The summed E-state index contributed by atoms with van der Waals surface area (Å²) in [6.07, 6.45) is 0. The summed E-state index contributed by atoms with van der Waals surface area (Å²) in [6.45, 7) is 0. The first-order valence-electron chi connectivity index (χ1n) is 17.0. The second kappa shape index (κ2) is 13.2. The van der Waals surface area contributed by atoms with Crippen LogP contribution in [0, 0.1) is 0 Å². The zero-order valence-corrected chi connectivity index (χ0v) is 28.5. The lowest BCUT2D eigenvalue weighted by Gasteiger charge is -2.40. The Hall–Kier alpha value is -6.30. The van der Waals surface area contributed by atoms with E-state index in [9.17, 15) is 0 Å². The van der Waals surface area contributed by atoms with Crippen molar-refractivity contribution in [2.24, 2.45) is 0 Å². The van der Waals surface area contributed by atoms with Crippen LogP contribution in [0.5, 0.6) is 0 Å². The van der Waals surface area contributed by atoms with Crippen LogP contribution in [-0.4, -0.2) is 15.0 Å². The van der Waals surface area contributed by atoms with E-state index in [-0.39, 0.29) is 0 Å². The average Bonchev–Trinajstić information content (AvgIpc) is 3.22. The van der Waals surface area contributed by atoms with Crippen LogP contribution < -0.4 is 4.90 Å². The van der Waals surface area contributed by atoms with Gasteiger partial charge in [-0.1, -0.05) is 157 Å². The number of rotatable bonds is 7. The number of hydrogen-bond donors (Lipinski definition) is 0. The third kappa shape index (κ3) is 5.49. The van der Waals surface area contributed by atoms with Crippen LogP contribution in [0.4, 0.5) is 17.1 Å². The highest BCUT2D eigenvalue weighted by molar-refractivity contribution is 7.99. The lowest BCUT2D eigenvalue weighted by Crippen LogP contribution is -2.36. The SMILES string of the molecule is c1ccc(-c2nc(-c3ccccc3)nc(C3(c4ccc(N(c5ccccc5)c5ccccc5)cc4)c4ccccc4Sc4ccccc43)n2)cc1. The van der Waals surface area contributed by atoms with E-state index >= 15 is 0 Å². The van der Waals surface area contributed by atoms with Crippen LogP contribution in [0.15, 0.2) is 204 Å². The summed E-state index contributed by atoms with van der Waals surface area (Å²) in [6, 6.07) is 67.8. The minimum atomic E-state index is -0.836. The molecule has 0 N–H and O–H groups in total. The Morgan fingerprint density at radius 3 is 1.24 bits per heavy atom. The maximum atomic E-state index is 5.41. The van der Waals surface area contributed by atoms with Crippen molar-refractivity contribution >= 4 is 28.8 Å². The Balaban J connectivity index is 1.33. The fourth-order valence-electron chi connectivity index (χ4n) is 7.11. The Morgan fingerprint density at radius 2 is 0.765 bits per heavy atom. The standard InChI is InChI=1S/C46H32N4S/c1-5-17-33(18-6-1)43-47-44(34-19-7-2-8-20-34)49-45(48-43)46(39-25-13-15-27-41(39)51-42-28-16-14-26-40(42)46)35-29-31-38(32-30-35)50(36-21-9-3-10-22-36)37-23-11-4-12-24-37/h1-32H. The molecule has 0 bridgehead atoms. The van der Waals surface area contributed by atoms with E-state index in [4.69, 9.17) is 15.0 Å². The maximum Gasteiger partial charge on any atom is 0.163 e. The number of para-hydroxylation sites is 2. The molecule has 2 heterocycles. The van der Waals surface area contributed by atoms with Gasteiger partial charge in [0.2, 0.25) is 0 Å². The maximum absolute atomic E-state index is 5.41. The van der Waals surface area contributed by atoms with Crippen molar-refractivity contribution in [2.75, 3.05) is 4.90 Å². The summed E-state index contributed by atoms with van der Waals surface area (Å²) >= 11 is 1.80. The van der Waals surface area contributed by atoms with Gasteiger partial charge in [0.15, 0.2) is 17.5 Å². The second-order valence-electron chi connectivity index (χ2n) is 12.4. The number of benzene rings is 7. The lowest BCUT2D eigenvalue weighted by molar-refractivity contribution is 0.644. The van der Waals surface area contributed by atoms with Crippen molar-refractivity contribution in [1.82, 2.24) is 15.0 Å². The fourth-order valence-corrected chi connectivity index (χ4v) is 8.31. The monoisotopic (exact) mass is 672 g/mol. The average molecular weight is 673 g/mol. The molecule has 51 heavy (non-hydrogen) atoms. The molecule has 0 radical (unpaired) electrons. The molecular formula is C46H32N4S. The van der Waals surface area contributed by atoms with Gasteiger partial charge in [0.05, 0.1) is 0 Å². The van der Waals surface area contributed by atoms with Gasteiger partial charge in [0.25, 0.3) is 0 Å². The number of aromatic nitrogens is 3. The Bertz CT molecular complexity index is 2290. The van der Waals surface area contributed by atoms with Gasteiger partial charge in [-0.05, 0) is 65.2 Å². The normalized spacial score (nSPS) is 12.8. The van der Waals surface area contributed by atoms with Crippen molar-refractivity contribution in [3.8, 4) is 22.8 Å². The largest absolute Gasteiger partial charge is 0.311 e. The molecule has 0 fully saturated rings. The van der Waals surface area contributed by atoms with Gasteiger partial charge in [-0.3, -0.25) is 0 Å². The van der Waals surface area contributed by atoms with Crippen molar-refractivity contribution in [3.63, 3.8) is 0 Å². The highest BCUT2D eigenvalue weighted by Crippen LogP contribution is 2.55. The predicted octanol–water partition coefficient (Wildman–Crippen LogP) is 11.5. The zero-order chi connectivity index (χ0) is 34.0. The summed E-state index contributed by atoms with van der Waals surface area (Å²) in [7, 11) is 0. The summed E-state index contributed by atoms with van der Waals surface area (Å²) in [4.78, 5) is 20.5. The Kier molecular flexibility index (Phi) is 7.95. The van der Waals surface area contributed by atoms with E-state index < -0.39 is 5.41 Å². The molecule has 1 aliphatic rings. The molecule has 9 rings (SSSR count). The van der Waals surface area contributed by atoms with E-state index in [1.165, 1.54) is 9.79 Å². The molecule has 0 spiro atoms. The first kappa shape index (κ1) is 30.7. The number of hydrogen-bond acceptors (Lipinski definition) is 5. The third-order valence-corrected chi connectivity index (χ3v) is 10.6. The number of nitrogens with zero attached hydrogens (tertiary/aromatic N) is 4. The molecule has 1 aromatic heterocycles. The van der Waals surface area contributed by atoms with Gasteiger partial charge in [0.1, 0.15) is 5.41 Å². The summed E-state index contributed by atoms with van der Waals surface area (Å²) in [5, 5.41) is 0. The fraction of sp³-hybridized carbons (Fsp3) is 0.0217. The van der Waals surface area contributed by atoms with Gasteiger partial charge < -0.3 is 4.90 Å². The van der Waals surface area contributed by atoms with Gasteiger partial charge in [-0.15, -0.1) is 0 Å². The van der Waals surface area contributed by atoms with E-state index in [2.05, 4.69) is 163 Å². The quantitative estimate of drug-likeness (QED) is 0.169. The van der Waals surface area contributed by atoms with Gasteiger partial charge in [-0.2, -0.15) is 0 Å². The summed E-state index contributed by atoms with van der Waals surface area (Å²) in [5.41, 5.74) is 7.66. The van der Waals surface area contributed by atoms with Gasteiger partial charge in [-0.25, -0.2) is 15.0 Å². The van der Waals surface area contributed by atoms with Crippen LogP contribution in [0.1, 0.15) is 22.5 Å². The molecule has 7 aromatic carbocycles. The minimum absolute atomic E-state index is 0.642. The van der Waals surface area contributed by atoms with E-state index in [0.29, 0.717) is 17.5 Å². The lowest BCUT2D eigenvalue weighted by atomic mass is 9.68. The molecule has 0 aliphatic carbocycles. The van der Waals surface area contributed by atoms with Crippen molar-refractivity contribution in [2.45, 2.75) is 15.2 Å². The molecule has 0 saturated carbocycles. The minimum Gasteiger partial charge on any atom is -0.311 e.